The fourth-order valence-electron chi connectivity index (χ4n) is 3.48. The number of piperazine rings is 1. The lowest BCUT2D eigenvalue weighted by molar-refractivity contribution is -0.132. The molecule has 1 N–H and O–H groups in total. The molecule has 0 bridgehead atoms. The van der Waals surface area contributed by atoms with Crippen molar-refractivity contribution in [2.45, 2.75) is 10.3 Å². The highest BCUT2D eigenvalue weighted by Crippen LogP contribution is 2.21. The fraction of sp³-hybridized carbons (Fsp3) is 0.227. The number of rotatable bonds is 6. The fourth-order valence-corrected chi connectivity index (χ4v) is 6.39. The summed E-state index contributed by atoms with van der Waals surface area (Å²) in [5, 5.41) is 4.43. The van der Waals surface area contributed by atoms with Crippen LogP contribution in [0.2, 0.25) is 5.02 Å². The van der Waals surface area contributed by atoms with Gasteiger partial charge in [-0.3, -0.25) is 14.4 Å². The second-order valence-corrected chi connectivity index (χ2v) is 11.8. The summed E-state index contributed by atoms with van der Waals surface area (Å²) in [7, 11) is -4.27. The molecule has 1 aliphatic heterocycles. The van der Waals surface area contributed by atoms with E-state index in [9.17, 15) is 22.8 Å². The summed E-state index contributed by atoms with van der Waals surface area (Å²) in [5.41, 5.74) is 0. The van der Waals surface area contributed by atoms with Gasteiger partial charge in [-0.25, -0.2) is 8.42 Å². The maximum absolute atomic E-state index is 13.4. The Hall–Kier alpha value is -2.73. The smallest absolute Gasteiger partial charge is 0.264 e. The first-order valence-corrected chi connectivity index (χ1v) is 13.9. The van der Waals surface area contributed by atoms with E-state index in [4.69, 9.17) is 11.6 Å². The Morgan fingerprint density at radius 2 is 1.41 bits per heavy atom. The lowest BCUT2D eigenvalue weighted by Gasteiger charge is -2.36. The summed E-state index contributed by atoms with van der Waals surface area (Å²) >= 11 is 8.36. The van der Waals surface area contributed by atoms with Crippen molar-refractivity contribution in [1.82, 2.24) is 15.1 Å². The second kappa shape index (κ2) is 10.3. The third-order valence-corrected chi connectivity index (χ3v) is 9.14. The van der Waals surface area contributed by atoms with Gasteiger partial charge in [0.2, 0.25) is 15.2 Å². The zero-order chi connectivity index (χ0) is 24.3. The molecule has 1 fully saturated rings. The highest BCUT2D eigenvalue weighted by Gasteiger charge is 2.39. The van der Waals surface area contributed by atoms with Gasteiger partial charge in [-0.1, -0.05) is 23.7 Å². The van der Waals surface area contributed by atoms with Crippen LogP contribution in [0.5, 0.6) is 0 Å². The molecule has 0 radical (unpaired) electrons. The van der Waals surface area contributed by atoms with Crippen LogP contribution in [0.1, 0.15) is 19.3 Å². The number of hydrogen-bond donors (Lipinski definition) is 1. The Labute approximate surface area is 209 Å². The van der Waals surface area contributed by atoms with E-state index in [1.54, 1.807) is 34.5 Å². The quantitative estimate of drug-likeness (QED) is 0.520. The van der Waals surface area contributed by atoms with Gasteiger partial charge in [-0.05, 0) is 47.2 Å². The van der Waals surface area contributed by atoms with Crippen molar-refractivity contribution in [1.29, 1.82) is 0 Å². The van der Waals surface area contributed by atoms with E-state index < -0.39 is 27.0 Å². The molecule has 3 heterocycles. The third kappa shape index (κ3) is 5.17. The number of carbonyl (C=O) groups is 3. The Morgan fingerprint density at radius 1 is 0.853 bits per heavy atom. The van der Waals surface area contributed by atoms with Gasteiger partial charge in [0.1, 0.15) is 0 Å². The first kappa shape index (κ1) is 24.4. The molecule has 0 aliphatic carbocycles. The SMILES string of the molecule is O=C(NC(C(=O)N1CCN(C(=O)c2cccs2)CC1)S(=O)(=O)c1ccc(Cl)cc1)c1cccs1. The zero-order valence-corrected chi connectivity index (χ0v) is 20.9. The van der Waals surface area contributed by atoms with Crippen LogP contribution in [0.25, 0.3) is 0 Å². The summed E-state index contributed by atoms with van der Waals surface area (Å²) in [4.78, 5) is 42.4. The van der Waals surface area contributed by atoms with Gasteiger partial charge >= 0.3 is 0 Å². The first-order valence-electron chi connectivity index (χ1n) is 10.2. The number of sulfone groups is 1. The largest absolute Gasteiger partial charge is 0.336 e. The molecule has 12 heteroatoms. The second-order valence-electron chi connectivity index (χ2n) is 7.42. The van der Waals surface area contributed by atoms with Crippen molar-refractivity contribution in [3.05, 3.63) is 74.1 Å². The van der Waals surface area contributed by atoms with E-state index in [-0.39, 0.29) is 41.9 Å². The van der Waals surface area contributed by atoms with Crippen LogP contribution < -0.4 is 5.32 Å². The number of halogens is 1. The summed E-state index contributed by atoms with van der Waals surface area (Å²) in [5.74, 6) is -1.53. The molecule has 178 valence electrons. The number of thiophene rings is 2. The molecular formula is C22H20ClN3O5S3. The van der Waals surface area contributed by atoms with Crippen LogP contribution in [0.15, 0.2) is 64.2 Å². The van der Waals surface area contributed by atoms with Crippen LogP contribution >= 0.6 is 34.3 Å². The molecule has 1 atom stereocenters. The highest BCUT2D eigenvalue weighted by atomic mass is 35.5. The average Bonchev–Trinajstić information content (AvgIpc) is 3.57. The van der Waals surface area contributed by atoms with Crippen molar-refractivity contribution in [2.75, 3.05) is 26.2 Å². The molecule has 1 aromatic carbocycles. The molecule has 0 saturated carbocycles. The summed E-state index contributed by atoms with van der Waals surface area (Å²) < 4.78 is 26.8. The number of benzene rings is 1. The number of nitrogens with one attached hydrogen (secondary N) is 1. The zero-order valence-electron chi connectivity index (χ0n) is 17.7. The van der Waals surface area contributed by atoms with E-state index in [1.807, 2.05) is 5.38 Å². The Morgan fingerprint density at radius 3 is 1.97 bits per heavy atom. The van der Waals surface area contributed by atoms with Gasteiger partial charge in [-0.15, -0.1) is 22.7 Å². The van der Waals surface area contributed by atoms with Gasteiger partial charge in [0.25, 0.3) is 17.7 Å². The van der Waals surface area contributed by atoms with E-state index in [0.29, 0.717) is 9.90 Å². The Kier molecular flexibility index (Phi) is 7.36. The van der Waals surface area contributed by atoms with E-state index >= 15 is 0 Å². The maximum Gasteiger partial charge on any atom is 0.264 e. The van der Waals surface area contributed by atoms with Crippen LogP contribution in [-0.4, -0.2) is 67.5 Å². The minimum absolute atomic E-state index is 0.126. The lowest BCUT2D eigenvalue weighted by atomic mass is 10.3. The molecule has 1 saturated heterocycles. The predicted molar refractivity (Wildman–Crippen MR) is 131 cm³/mol. The standard InChI is InChI=1S/C22H20ClN3O5S3/c23-15-5-7-16(8-6-15)34(30,31)20(24-19(27)17-3-1-13-32-17)22(29)26-11-9-25(10-12-26)21(28)18-4-2-14-33-18/h1-8,13-14,20H,9-12H2,(H,24,27). The molecule has 1 aliphatic rings. The molecule has 3 aromatic rings. The van der Waals surface area contributed by atoms with Crippen molar-refractivity contribution in [3.8, 4) is 0 Å². The van der Waals surface area contributed by atoms with Gasteiger partial charge in [0, 0.05) is 31.2 Å². The number of carbonyl (C=O) groups excluding carboxylic acids is 3. The minimum atomic E-state index is -4.27. The first-order chi connectivity index (χ1) is 16.3. The molecule has 8 nitrogen and oxygen atoms in total. The summed E-state index contributed by atoms with van der Waals surface area (Å²) in [6.45, 7) is 0.818. The van der Waals surface area contributed by atoms with Gasteiger partial charge in [0.15, 0.2) is 0 Å². The molecule has 34 heavy (non-hydrogen) atoms. The normalized spacial score (nSPS) is 15.1. The molecule has 0 spiro atoms. The highest BCUT2D eigenvalue weighted by molar-refractivity contribution is 7.92. The molecular weight excluding hydrogens is 518 g/mol. The number of hydrogen-bond acceptors (Lipinski definition) is 7. The molecule has 1 unspecified atom stereocenters. The Bertz CT molecular complexity index is 1270. The maximum atomic E-state index is 13.4. The lowest BCUT2D eigenvalue weighted by Crippen LogP contribution is -2.57. The van der Waals surface area contributed by atoms with E-state index in [2.05, 4.69) is 5.32 Å². The monoisotopic (exact) mass is 537 g/mol. The van der Waals surface area contributed by atoms with Crippen LogP contribution in [0.4, 0.5) is 0 Å². The summed E-state index contributed by atoms with van der Waals surface area (Å²) in [6.07, 6.45) is 0. The van der Waals surface area contributed by atoms with Crippen LogP contribution in [0.3, 0.4) is 0 Å². The average molecular weight is 538 g/mol. The Balaban J connectivity index is 1.55. The van der Waals surface area contributed by atoms with Gasteiger partial charge < -0.3 is 15.1 Å². The topological polar surface area (TPSA) is 104 Å². The van der Waals surface area contributed by atoms with E-state index in [1.165, 1.54) is 40.5 Å². The molecule has 3 amide bonds. The molecule has 4 rings (SSSR count). The van der Waals surface area contributed by atoms with Crippen molar-refractivity contribution < 1.29 is 22.8 Å². The van der Waals surface area contributed by atoms with Crippen molar-refractivity contribution >= 4 is 61.8 Å². The van der Waals surface area contributed by atoms with Crippen LogP contribution in [0, 0.1) is 0 Å². The number of nitrogens with zero attached hydrogens (tertiary/aromatic N) is 2. The molecule has 2 aromatic heterocycles. The van der Waals surface area contributed by atoms with E-state index in [0.717, 1.165) is 11.3 Å². The van der Waals surface area contributed by atoms with Crippen molar-refractivity contribution in [2.24, 2.45) is 0 Å². The number of amides is 3. The van der Waals surface area contributed by atoms with Crippen LogP contribution in [-0.2, 0) is 14.6 Å². The summed E-state index contributed by atoms with van der Waals surface area (Å²) in [6, 6.07) is 12.1. The minimum Gasteiger partial charge on any atom is -0.336 e. The predicted octanol–water partition coefficient (Wildman–Crippen LogP) is 2.98. The van der Waals surface area contributed by atoms with Gasteiger partial charge in [-0.2, -0.15) is 0 Å². The third-order valence-electron chi connectivity index (χ3n) is 5.29. The van der Waals surface area contributed by atoms with Crippen molar-refractivity contribution in [3.63, 3.8) is 0 Å². The van der Waals surface area contributed by atoms with Gasteiger partial charge in [0.05, 0.1) is 14.6 Å².